The number of hydrogen-bond acceptors (Lipinski definition) is 13. The molecule has 2 aliphatic heterocycles. The Kier molecular flexibility index (Phi) is 47.4. The maximum absolute atomic E-state index is 13.3. The summed E-state index contributed by atoms with van der Waals surface area (Å²) in [5, 5.41) is 87.2. The number of unbranched alkanes of at least 4 members (excludes halogenated alkanes) is 39. The van der Waals surface area contributed by atoms with Crippen molar-refractivity contribution in [3.63, 3.8) is 0 Å². The molecular weight excluding hydrogens is 1000 g/mol. The molecule has 2 rings (SSSR count). The van der Waals surface area contributed by atoms with Gasteiger partial charge in [0.05, 0.1) is 32.0 Å². The van der Waals surface area contributed by atoms with E-state index in [1.165, 1.54) is 225 Å². The Morgan fingerprint density at radius 1 is 0.443 bits per heavy atom. The quantitative estimate of drug-likeness (QED) is 0.0204. The molecule has 14 nitrogen and oxygen atoms in total. The molecule has 9 N–H and O–H groups in total. The number of aliphatic hydroxyl groups excluding tert-OH is 8. The summed E-state index contributed by atoms with van der Waals surface area (Å²) in [6.45, 7) is 2.82. The van der Waals surface area contributed by atoms with Crippen molar-refractivity contribution in [3.05, 3.63) is 24.3 Å². The van der Waals surface area contributed by atoms with Crippen LogP contribution in [0, 0.1) is 0 Å². The Morgan fingerprint density at radius 3 is 1.24 bits per heavy atom. The third kappa shape index (κ3) is 36.0. The largest absolute Gasteiger partial charge is 0.394 e. The van der Waals surface area contributed by atoms with E-state index in [-0.39, 0.29) is 18.9 Å². The van der Waals surface area contributed by atoms with Crippen molar-refractivity contribution in [1.82, 2.24) is 5.32 Å². The molecule has 0 aromatic rings. The van der Waals surface area contributed by atoms with Gasteiger partial charge in [-0.3, -0.25) is 4.79 Å². The lowest BCUT2D eigenvalue weighted by Gasteiger charge is -2.46. The first-order chi connectivity index (χ1) is 38.6. The maximum atomic E-state index is 13.3. The number of hydrogen-bond donors (Lipinski definition) is 9. The zero-order chi connectivity index (χ0) is 57.4. The molecule has 0 bridgehead atoms. The van der Waals surface area contributed by atoms with E-state index in [9.17, 15) is 45.6 Å². The highest BCUT2D eigenvalue weighted by Crippen LogP contribution is 2.30. The van der Waals surface area contributed by atoms with Crippen LogP contribution in [0.5, 0.6) is 0 Å². The van der Waals surface area contributed by atoms with Crippen molar-refractivity contribution >= 4 is 5.91 Å². The van der Waals surface area contributed by atoms with Gasteiger partial charge in [0, 0.05) is 6.42 Å². The average Bonchev–Trinajstić information content (AvgIpc) is 3.47. The van der Waals surface area contributed by atoms with Gasteiger partial charge in [0.1, 0.15) is 48.8 Å². The molecule has 2 fully saturated rings. The second-order valence-electron chi connectivity index (χ2n) is 23.6. The van der Waals surface area contributed by atoms with E-state index in [2.05, 4.69) is 31.3 Å². The van der Waals surface area contributed by atoms with Gasteiger partial charge in [-0.15, -0.1) is 0 Å². The predicted molar refractivity (Wildman–Crippen MR) is 318 cm³/mol. The Morgan fingerprint density at radius 2 is 0.810 bits per heavy atom. The number of allylic oxidation sites excluding steroid dienone is 3. The molecule has 0 aromatic heterocycles. The summed E-state index contributed by atoms with van der Waals surface area (Å²) in [5.74, 6) is -0.243. The number of carbonyl (C=O) groups excluding carboxylic acids is 1. The molecule has 2 saturated heterocycles. The van der Waals surface area contributed by atoms with Crippen LogP contribution < -0.4 is 5.32 Å². The van der Waals surface area contributed by atoms with Crippen molar-refractivity contribution in [2.75, 3.05) is 19.8 Å². The standard InChI is InChI=1S/C65H123NO13/c1-3-5-7-9-11-13-15-17-19-21-23-24-25-26-27-28-29-30-31-32-34-36-38-40-42-44-46-48-54(69)53(66-57(70)49-47-45-43-41-39-37-35-33-22-20-18-16-14-12-10-8-6-4-2)52-76-64-62(75)60(73)63(56(51-68)78-64)79-65-61(74)59(72)58(71)55(50-67)77-65/h38,40,46,48,53-56,58-65,67-69,71-75H,3-37,39,41-45,47,49-52H2,1-2H3,(H,66,70)/b40-38+,48-46+. The van der Waals surface area contributed by atoms with Gasteiger partial charge in [-0.2, -0.15) is 0 Å². The first-order valence-electron chi connectivity index (χ1n) is 33.1. The molecule has 12 unspecified atom stereocenters. The SMILES string of the molecule is CCCCCCCCCCCCCCCCCCCCCCC/C=C/CC/C=C/C(O)C(COC1OC(CO)C(OC2OC(CO)C(O)C(O)C2O)C(O)C1O)NC(=O)CCCCCCCCCCCCCCCCCCCC. The normalized spacial score (nSPS) is 24.5. The second kappa shape index (κ2) is 50.9. The van der Waals surface area contributed by atoms with Crippen molar-refractivity contribution in [2.24, 2.45) is 0 Å². The Bertz CT molecular complexity index is 1420. The third-order valence-corrected chi connectivity index (χ3v) is 16.4. The minimum absolute atomic E-state index is 0.243. The number of ether oxygens (including phenoxy) is 4. The lowest BCUT2D eigenvalue weighted by Crippen LogP contribution is -2.65. The molecule has 2 heterocycles. The van der Waals surface area contributed by atoms with Gasteiger partial charge in [-0.1, -0.05) is 276 Å². The average molecular weight is 1130 g/mol. The summed E-state index contributed by atoms with van der Waals surface area (Å²) >= 11 is 0. The minimum atomic E-state index is -1.79. The van der Waals surface area contributed by atoms with Gasteiger partial charge >= 0.3 is 0 Å². The van der Waals surface area contributed by atoms with Crippen LogP contribution in [-0.2, 0) is 23.7 Å². The van der Waals surface area contributed by atoms with E-state index in [1.54, 1.807) is 6.08 Å². The molecular formula is C65H123NO13. The third-order valence-electron chi connectivity index (χ3n) is 16.4. The topological polar surface area (TPSA) is 228 Å². The van der Waals surface area contributed by atoms with Crippen LogP contribution in [0.4, 0.5) is 0 Å². The summed E-state index contributed by atoms with van der Waals surface area (Å²) in [7, 11) is 0. The van der Waals surface area contributed by atoms with Crippen molar-refractivity contribution in [3.8, 4) is 0 Å². The van der Waals surface area contributed by atoms with Crippen LogP contribution in [0.1, 0.15) is 290 Å². The summed E-state index contributed by atoms with van der Waals surface area (Å²) in [5.41, 5.74) is 0. The van der Waals surface area contributed by atoms with E-state index >= 15 is 0 Å². The molecule has 12 atom stereocenters. The molecule has 14 heteroatoms. The van der Waals surface area contributed by atoms with E-state index in [0.29, 0.717) is 12.8 Å². The molecule has 2 aliphatic rings. The van der Waals surface area contributed by atoms with Gasteiger partial charge in [0.15, 0.2) is 12.6 Å². The smallest absolute Gasteiger partial charge is 0.220 e. The van der Waals surface area contributed by atoms with Gasteiger partial charge < -0.3 is 65.1 Å². The highest BCUT2D eigenvalue weighted by molar-refractivity contribution is 5.76. The van der Waals surface area contributed by atoms with Gasteiger partial charge in [-0.05, 0) is 32.1 Å². The molecule has 0 radical (unpaired) electrons. The number of rotatable bonds is 54. The summed E-state index contributed by atoms with van der Waals surface area (Å²) in [6.07, 6.45) is 45.2. The highest BCUT2D eigenvalue weighted by atomic mass is 16.7. The molecule has 0 aromatic carbocycles. The van der Waals surface area contributed by atoms with Gasteiger partial charge in [-0.25, -0.2) is 0 Å². The Balaban J connectivity index is 1.72. The van der Waals surface area contributed by atoms with E-state index in [0.717, 1.165) is 32.1 Å². The van der Waals surface area contributed by atoms with E-state index < -0.39 is 86.8 Å². The number of amides is 1. The number of nitrogens with one attached hydrogen (secondary N) is 1. The zero-order valence-corrected chi connectivity index (χ0v) is 50.4. The molecule has 0 spiro atoms. The zero-order valence-electron chi connectivity index (χ0n) is 50.4. The summed E-state index contributed by atoms with van der Waals surface area (Å²) < 4.78 is 22.8. The van der Waals surface area contributed by atoms with Crippen LogP contribution in [0.25, 0.3) is 0 Å². The van der Waals surface area contributed by atoms with Crippen LogP contribution in [0.2, 0.25) is 0 Å². The van der Waals surface area contributed by atoms with Crippen molar-refractivity contribution < 1.29 is 64.6 Å². The summed E-state index contributed by atoms with van der Waals surface area (Å²) in [6, 6.07) is -0.928. The monoisotopic (exact) mass is 1130 g/mol. The maximum Gasteiger partial charge on any atom is 0.220 e. The molecule has 1 amide bonds. The van der Waals surface area contributed by atoms with Gasteiger partial charge in [0.25, 0.3) is 0 Å². The number of aliphatic hydroxyl groups is 8. The first kappa shape index (κ1) is 73.6. The predicted octanol–water partition coefficient (Wildman–Crippen LogP) is 12.4. The van der Waals surface area contributed by atoms with Crippen LogP contribution in [0.15, 0.2) is 24.3 Å². The lowest BCUT2D eigenvalue weighted by molar-refractivity contribution is -0.359. The van der Waals surface area contributed by atoms with E-state index in [4.69, 9.17) is 18.9 Å². The van der Waals surface area contributed by atoms with E-state index in [1.807, 2.05) is 6.08 Å². The number of carbonyl (C=O) groups is 1. The van der Waals surface area contributed by atoms with Crippen LogP contribution in [0.3, 0.4) is 0 Å². The molecule has 0 aliphatic carbocycles. The fraction of sp³-hybridized carbons (Fsp3) is 0.923. The summed E-state index contributed by atoms with van der Waals surface area (Å²) in [4.78, 5) is 13.3. The first-order valence-corrected chi connectivity index (χ1v) is 33.1. The van der Waals surface area contributed by atoms with Crippen LogP contribution >= 0.6 is 0 Å². The Labute approximate surface area is 481 Å². The molecule has 79 heavy (non-hydrogen) atoms. The second-order valence-corrected chi connectivity index (χ2v) is 23.6. The van der Waals surface area contributed by atoms with Crippen molar-refractivity contribution in [2.45, 2.75) is 364 Å². The minimum Gasteiger partial charge on any atom is -0.394 e. The Hall–Kier alpha value is -1.53. The van der Waals surface area contributed by atoms with Crippen molar-refractivity contribution in [1.29, 1.82) is 0 Å². The fourth-order valence-electron chi connectivity index (χ4n) is 11.1. The van der Waals surface area contributed by atoms with Crippen LogP contribution in [-0.4, -0.2) is 140 Å². The van der Waals surface area contributed by atoms with Gasteiger partial charge in [0.2, 0.25) is 5.91 Å². The molecule has 0 saturated carbocycles. The highest BCUT2D eigenvalue weighted by Gasteiger charge is 2.51. The molecule has 466 valence electrons. The lowest BCUT2D eigenvalue weighted by atomic mass is 9.97. The fourth-order valence-corrected chi connectivity index (χ4v) is 11.1.